The third-order valence-corrected chi connectivity index (χ3v) is 6.13. The summed E-state index contributed by atoms with van der Waals surface area (Å²) in [5.74, 6) is 1.49. The highest BCUT2D eigenvalue weighted by Gasteiger charge is 2.42. The molecule has 0 unspecified atom stereocenters. The SMILES string of the molecule is COCCNC1CCC(Nc2cc(-c3cnnc(NCC4(C#N)CC4)c3)ncn2)CC1. The van der Waals surface area contributed by atoms with Crippen molar-refractivity contribution in [3.05, 3.63) is 24.7 Å². The first-order chi connectivity index (χ1) is 15.2. The second kappa shape index (κ2) is 9.98. The van der Waals surface area contributed by atoms with Gasteiger partial charge in [0.05, 0.1) is 30.0 Å². The monoisotopic (exact) mass is 422 g/mol. The zero-order chi connectivity index (χ0) is 21.5. The summed E-state index contributed by atoms with van der Waals surface area (Å²) in [6, 6.07) is 7.24. The highest BCUT2D eigenvalue weighted by molar-refractivity contribution is 5.64. The number of rotatable bonds is 10. The maximum atomic E-state index is 9.24. The van der Waals surface area contributed by atoms with Crippen LogP contribution in [0.3, 0.4) is 0 Å². The van der Waals surface area contributed by atoms with Gasteiger partial charge in [-0.15, -0.1) is 5.10 Å². The normalized spacial score (nSPS) is 21.8. The molecule has 0 saturated heterocycles. The minimum Gasteiger partial charge on any atom is -0.383 e. The minimum atomic E-state index is -0.234. The van der Waals surface area contributed by atoms with Crippen molar-refractivity contribution in [3.63, 3.8) is 0 Å². The molecule has 31 heavy (non-hydrogen) atoms. The fourth-order valence-corrected chi connectivity index (χ4v) is 3.94. The lowest BCUT2D eigenvalue weighted by molar-refractivity contribution is 0.191. The molecule has 0 radical (unpaired) electrons. The van der Waals surface area contributed by atoms with Crippen LogP contribution >= 0.6 is 0 Å². The van der Waals surface area contributed by atoms with Crippen LogP contribution in [-0.4, -0.2) is 59.1 Å². The van der Waals surface area contributed by atoms with Crippen LogP contribution in [0.25, 0.3) is 11.3 Å². The molecular weight excluding hydrogens is 392 g/mol. The third-order valence-electron chi connectivity index (χ3n) is 6.13. The zero-order valence-corrected chi connectivity index (χ0v) is 18.0. The molecule has 9 heteroatoms. The van der Waals surface area contributed by atoms with E-state index in [1.54, 1.807) is 19.6 Å². The second-order valence-electron chi connectivity index (χ2n) is 8.50. The predicted octanol–water partition coefficient (Wildman–Crippen LogP) is 2.61. The Balaban J connectivity index is 1.32. The number of nitrogens with zero attached hydrogens (tertiary/aromatic N) is 5. The smallest absolute Gasteiger partial charge is 0.149 e. The molecule has 2 saturated carbocycles. The van der Waals surface area contributed by atoms with Gasteiger partial charge < -0.3 is 20.7 Å². The van der Waals surface area contributed by atoms with E-state index < -0.39 is 0 Å². The van der Waals surface area contributed by atoms with Crippen molar-refractivity contribution < 1.29 is 4.74 Å². The van der Waals surface area contributed by atoms with Crippen molar-refractivity contribution in [3.8, 4) is 17.3 Å². The molecule has 0 aliphatic heterocycles. The number of hydrogen-bond donors (Lipinski definition) is 3. The van der Waals surface area contributed by atoms with Crippen LogP contribution in [0.15, 0.2) is 24.7 Å². The standard InChI is InChI=1S/C22H30N8O/c1-31-9-8-24-17-2-4-18(5-3-17)29-20-11-19(26-15-27-20)16-10-21(30-28-12-16)25-14-22(13-23)6-7-22/h10-12,15,17-18,24H,2-9,14H2,1H3,(H,25,30)(H,26,27,29). The highest BCUT2D eigenvalue weighted by Crippen LogP contribution is 2.44. The Bertz CT molecular complexity index is 902. The molecule has 3 N–H and O–H groups in total. The average molecular weight is 423 g/mol. The van der Waals surface area contributed by atoms with Crippen molar-refractivity contribution in [1.82, 2.24) is 25.5 Å². The molecule has 0 bridgehead atoms. The maximum Gasteiger partial charge on any atom is 0.149 e. The molecule has 0 amide bonds. The second-order valence-corrected chi connectivity index (χ2v) is 8.50. The Kier molecular flexibility index (Phi) is 6.89. The first-order valence-electron chi connectivity index (χ1n) is 11.0. The van der Waals surface area contributed by atoms with E-state index >= 15 is 0 Å². The van der Waals surface area contributed by atoms with Gasteiger partial charge in [0, 0.05) is 43.9 Å². The molecule has 4 rings (SSSR count). The predicted molar refractivity (Wildman–Crippen MR) is 118 cm³/mol. The summed E-state index contributed by atoms with van der Waals surface area (Å²) < 4.78 is 5.11. The van der Waals surface area contributed by atoms with Gasteiger partial charge in [0.25, 0.3) is 0 Å². The molecule has 2 heterocycles. The van der Waals surface area contributed by atoms with E-state index in [4.69, 9.17) is 4.74 Å². The number of ether oxygens (including phenoxy) is 1. The molecule has 2 aromatic rings. The summed E-state index contributed by atoms with van der Waals surface area (Å²) in [5, 5.41) is 27.8. The summed E-state index contributed by atoms with van der Waals surface area (Å²) in [5.41, 5.74) is 1.43. The number of nitrogens with one attached hydrogen (secondary N) is 3. The molecule has 0 aromatic carbocycles. The van der Waals surface area contributed by atoms with Crippen LogP contribution in [0.1, 0.15) is 38.5 Å². The molecule has 0 atom stereocenters. The fraction of sp³-hybridized carbons (Fsp3) is 0.591. The molecule has 9 nitrogen and oxygen atoms in total. The van der Waals surface area contributed by atoms with Crippen LogP contribution in [0.2, 0.25) is 0 Å². The lowest BCUT2D eigenvalue weighted by Crippen LogP contribution is -2.38. The van der Waals surface area contributed by atoms with E-state index in [1.807, 2.05) is 12.1 Å². The van der Waals surface area contributed by atoms with Gasteiger partial charge >= 0.3 is 0 Å². The summed E-state index contributed by atoms with van der Waals surface area (Å²) in [7, 11) is 1.73. The van der Waals surface area contributed by atoms with Crippen molar-refractivity contribution in [2.75, 3.05) is 37.4 Å². The van der Waals surface area contributed by atoms with E-state index in [1.165, 1.54) is 0 Å². The molecular formula is C22H30N8O. The molecule has 2 aliphatic carbocycles. The van der Waals surface area contributed by atoms with E-state index in [0.29, 0.717) is 24.4 Å². The topological polar surface area (TPSA) is 121 Å². The zero-order valence-electron chi connectivity index (χ0n) is 18.0. The Morgan fingerprint density at radius 3 is 2.68 bits per heavy atom. The van der Waals surface area contributed by atoms with Gasteiger partial charge in [-0.25, -0.2) is 9.97 Å². The number of anilines is 2. The molecule has 2 aromatic heterocycles. The fourth-order valence-electron chi connectivity index (χ4n) is 3.94. The van der Waals surface area contributed by atoms with Crippen LogP contribution < -0.4 is 16.0 Å². The van der Waals surface area contributed by atoms with Crippen molar-refractivity contribution in [1.29, 1.82) is 5.26 Å². The Morgan fingerprint density at radius 2 is 1.94 bits per heavy atom. The Morgan fingerprint density at radius 1 is 1.13 bits per heavy atom. The molecule has 0 spiro atoms. The minimum absolute atomic E-state index is 0.234. The maximum absolute atomic E-state index is 9.24. The Labute approximate surface area is 183 Å². The summed E-state index contributed by atoms with van der Waals surface area (Å²) >= 11 is 0. The Hall–Kier alpha value is -2.83. The van der Waals surface area contributed by atoms with Crippen LogP contribution in [-0.2, 0) is 4.74 Å². The van der Waals surface area contributed by atoms with Gasteiger partial charge in [-0.1, -0.05) is 0 Å². The van der Waals surface area contributed by atoms with Crippen molar-refractivity contribution in [2.45, 2.75) is 50.6 Å². The van der Waals surface area contributed by atoms with Gasteiger partial charge in [0.2, 0.25) is 0 Å². The van der Waals surface area contributed by atoms with E-state index in [9.17, 15) is 5.26 Å². The van der Waals surface area contributed by atoms with Gasteiger partial charge in [0.1, 0.15) is 18.0 Å². The van der Waals surface area contributed by atoms with E-state index in [0.717, 1.165) is 68.8 Å². The molecule has 2 fully saturated rings. The largest absolute Gasteiger partial charge is 0.383 e. The first-order valence-corrected chi connectivity index (χ1v) is 11.0. The molecule has 2 aliphatic rings. The number of hydrogen-bond acceptors (Lipinski definition) is 9. The summed E-state index contributed by atoms with van der Waals surface area (Å²) in [6.45, 7) is 2.26. The number of methoxy groups -OCH3 is 1. The lowest BCUT2D eigenvalue weighted by atomic mass is 9.91. The van der Waals surface area contributed by atoms with Crippen LogP contribution in [0.4, 0.5) is 11.6 Å². The quantitative estimate of drug-likeness (QED) is 0.496. The number of aromatic nitrogens is 4. The highest BCUT2D eigenvalue weighted by atomic mass is 16.5. The van der Waals surface area contributed by atoms with Crippen molar-refractivity contribution >= 4 is 11.6 Å². The summed E-state index contributed by atoms with van der Waals surface area (Å²) in [6.07, 6.45) is 9.67. The molecule has 164 valence electrons. The average Bonchev–Trinajstić information content (AvgIpc) is 3.60. The van der Waals surface area contributed by atoms with Crippen LogP contribution in [0.5, 0.6) is 0 Å². The summed E-state index contributed by atoms with van der Waals surface area (Å²) in [4.78, 5) is 8.82. The lowest BCUT2D eigenvalue weighted by Gasteiger charge is -2.30. The van der Waals surface area contributed by atoms with Crippen molar-refractivity contribution in [2.24, 2.45) is 5.41 Å². The number of nitriles is 1. The third kappa shape index (κ3) is 5.87. The van der Waals surface area contributed by atoms with Gasteiger partial charge in [-0.3, -0.25) is 0 Å². The van der Waals surface area contributed by atoms with Gasteiger partial charge in [-0.05, 0) is 44.6 Å². The van der Waals surface area contributed by atoms with Gasteiger partial charge in [0.15, 0.2) is 0 Å². The van der Waals surface area contributed by atoms with Gasteiger partial charge in [-0.2, -0.15) is 10.4 Å². The van der Waals surface area contributed by atoms with E-state index in [-0.39, 0.29) is 5.41 Å². The first kappa shape index (κ1) is 21.4. The van der Waals surface area contributed by atoms with E-state index in [2.05, 4.69) is 42.2 Å². The van der Waals surface area contributed by atoms with Crippen LogP contribution in [0, 0.1) is 16.7 Å².